The van der Waals surface area contributed by atoms with Gasteiger partial charge in [0.1, 0.15) is 0 Å². The van der Waals surface area contributed by atoms with Crippen LogP contribution in [0.4, 0.5) is 0 Å². The van der Waals surface area contributed by atoms with Crippen LogP contribution in [0.25, 0.3) is 22.0 Å². The zero-order valence-electron chi connectivity index (χ0n) is 13.7. The Morgan fingerprint density at radius 1 is 0.783 bits per heavy atom. The first kappa shape index (κ1) is 15.2. The summed E-state index contributed by atoms with van der Waals surface area (Å²) < 4.78 is 16.2. The molecular formula is C19H19NO3. The molecular weight excluding hydrogens is 290 g/mol. The van der Waals surface area contributed by atoms with Crippen LogP contribution < -0.4 is 14.2 Å². The molecule has 0 amide bonds. The van der Waals surface area contributed by atoms with E-state index < -0.39 is 0 Å². The van der Waals surface area contributed by atoms with E-state index in [0.29, 0.717) is 17.2 Å². The molecule has 0 aliphatic carbocycles. The Hall–Kier alpha value is -2.75. The van der Waals surface area contributed by atoms with Crippen LogP contribution >= 0.6 is 0 Å². The molecule has 0 aliphatic heterocycles. The zero-order chi connectivity index (χ0) is 16.4. The number of benzene rings is 2. The fourth-order valence-electron chi connectivity index (χ4n) is 2.65. The van der Waals surface area contributed by atoms with Crippen molar-refractivity contribution in [2.24, 2.45) is 0 Å². The fourth-order valence-corrected chi connectivity index (χ4v) is 2.65. The Kier molecular flexibility index (Phi) is 4.06. The molecule has 0 radical (unpaired) electrons. The Morgan fingerprint density at radius 3 is 2.09 bits per heavy atom. The highest BCUT2D eigenvalue weighted by Crippen LogP contribution is 2.41. The van der Waals surface area contributed by atoms with Crippen molar-refractivity contribution in [3.8, 4) is 28.5 Å². The number of hydrogen-bond donors (Lipinski definition) is 0. The second-order valence-corrected chi connectivity index (χ2v) is 5.33. The van der Waals surface area contributed by atoms with Gasteiger partial charge in [0.05, 0.1) is 27.0 Å². The molecule has 0 fully saturated rings. The second kappa shape index (κ2) is 6.16. The maximum absolute atomic E-state index is 5.41. The number of rotatable bonds is 4. The standard InChI is InChI=1S/C19H19NO3/c1-12-5-6-13-8-16(20-11-15(13)7-12)14-9-17(21-2)19(23-4)18(10-14)22-3/h5-11H,1-4H3. The molecule has 1 heterocycles. The highest BCUT2D eigenvalue weighted by Gasteiger charge is 2.14. The zero-order valence-corrected chi connectivity index (χ0v) is 13.7. The summed E-state index contributed by atoms with van der Waals surface area (Å²) in [6, 6.07) is 12.2. The molecule has 0 saturated heterocycles. The minimum Gasteiger partial charge on any atom is -0.493 e. The first-order valence-electron chi connectivity index (χ1n) is 7.33. The van der Waals surface area contributed by atoms with Crippen molar-refractivity contribution in [2.45, 2.75) is 6.92 Å². The minimum atomic E-state index is 0.579. The van der Waals surface area contributed by atoms with Gasteiger partial charge >= 0.3 is 0 Å². The lowest BCUT2D eigenvalue weighted by Gasteiger charge is -2.14. The minimum absolute atomic E-state index is 0.579. The molecule has 0 bridgehead atoms. The molecule has 0 spiro atoms. The van der Waals surface area contributed by atoms with Crippen LogP contribution in [0.1, 0.15) is 5.56 Å². The third-order valence-electron chi connectivity index (χ3n) is 3.84. The van der Waals surface area contributed by atoms with E-state index in [2.05, 4.69) is 36.2 Å². The van der Waals surface area contributed by atoms with Crippen molar-refractivity contribution in [1.29, 1.82) is 0 Å². The molecule has 1 aromatic heterocycles. The van der Waals surface area contributed by atoms with Gasteiger partial charge in [-0.2, -0.15) is 0 Å². The van der Waals surface area contributed by atoms with Crippen LogP contribution in [0.5, 0.6) is 17.2 Å². The van der Waals surface area contributed by atoms with Crippen molar-refractivity contribution >= 4 is 10.8 Å². The molecule has 0 atom stereocenters. The fraction of sp³-hybridized carbons (Fsp3) is 0.211. The lowest BCUT2D eigenvalue weighted by atomic mass is 10.0. The number of fused-ring (bicyclic) bond motifs is 1. The van der Waals surface area contributed by atoms with Crippen LogP contribution in [0.2, 0.25) is 0 Å². The van der Waals surface area contributed by atoms with Crippen molar-refractivity contribution < 1.29 is 14.2 Å². The van der Waals surface area contributed by atoms with Gasteiger partial charge in [-0.3, -0.25) is 4.98 Å². The highest BCUT2D eigenvalue weighted by atomic mass is 16.5. The van der Waals surface area contributed by atoms with Crippen LogP contribution in [-0.4, -0.2) is 26.3 Å². The number of ether oxygens (including phenoxy) is 3. The van der Waals surface area contributed by atoms with E-state index in [4.69, 9.17) is 14.2 Å². The second-order valence-electron chi connectivity index (χ2n) is 5.33. The third-order valence-corrected chi connectivity index (χ3v) is 3.84. The first-order chi connectivity index (χ1) is 11.2. The number of pyridine rings is 1. The van der Waals surface area contributed by atoms with E-state index in [9.17, 15) is 0 Å². The molecule has 118 valence electrons. The van der Waals surface area contributed by atoms with Crippen LogP contribution in [-0.2, 0) is 0 Å². The molecule has 0 aliphatic rings. The van der Waals surface area contributed by atoms with Gasteiger partial charge in [-0.1, -0.05) is 17.7 Å². The lowest BCUT2D eigenvalue weighted by Crippen LogP contribution is -1.96. The predicted molar refractivity (Wildman–Crippen MR) is 91.6 cm³/mol. The van der Waals surface area contributed by atoms with E-state index >= 15 is 0 Å². The predicted octanol–water partition coefficient (Wildman–Crippen LogP) is 4.24. The number of hydrogen-bond acceptors (Lipinski definition) is 4. The topological polar surface area (TPSA) is 40.6 Å². The quantitative estimate of drug-likeness (QED) is 0.723. The molecule has 4 nitrogen and oxygen atoms in total. The number of aromatic nitrogens is 1. The lowest BCUT2D eigenvalue weighted by molar-refractivity contribution is 0.324. The summed E-state index contributed by atoms with van der Waals surface area (Å²) in [6.45, 7) is 2.08. The average molecular weight is 309 g/mol. The number of nitrogens with zero attached hydrogens (tertiary/aromatic N) is 1. The monoisotopic (exact) mass is 309 g/mol. The van der Waals surface area contributed by atoms with Gasteiger partial charge in [-0.25, -0.2) is 0 Å². The highest BCUT2D eigenvalue weighted by molar-refractivity contribution is 5.86. The number of methoxy groups -OCH3 is 3. The van der Waals surface area contributed by atoms with Gasteiger partial charge in [-0.05, 0) is 36.6 Å². The maximum Gasteiger partial charge on any atom is 0.203 e. The van der Waals surface area contributed by atoms with Gasteiger partial charge in [-0.15, -0.1) is 0 Å². The van der Waals surface area contributed by atoms with Gasteiger partial charge in [0.2, 0.25) is 5.75 Å². The molecule has 23 heavy (non-hydrogen) atoms. The van der Waals surface area contributed by atoms with E-state index in [1.807, 2.05) is 18.3 Å². The normalized spacial score (nSPS) is 10.6. The van der Waals surface area contributed by atoms with E-state index in [1.165, 1.54) is 5.56 Å². The van der Waals surface area contributed by atoms with Crippen LogP contribution in [0.3, 0.4) is 0 Å². The van der Waals surface area contributed by atoms with Crippen molar-refractivity contribution in [2.75, 3.05) is 21.3 Å². The Labute approximate surface area is 135 Å². The largest absolute Gasteiger partial charge is 0.493 e. The van der Waals surface area contributed by atoms with Crippen molar-refractivity contribution in [3.63, 3.8) is 0 Å². The van der Waals surface area contributed by atoms with E-state index in [1.54, 1.807) is 21.3 Å². The summed E-state index contributed by atoms with van der Waals surface area (Å²) in [5.41, 5.74) is 3.00. The summed E-state index contributed by atoms with van der Waals surface area (Å²) in [7, 11) is 4.81. The van der Waals surface area contributed by atoms with Crippen LogP contribution in [0, 0.1) is 6.92 Å². The Bertz CT molecular complexity index is 833. The SMILES string of the molecule is COc1cc(-c2cc3ccc(C)cc3cn2)cc(OC)c1OC. The van der Waals surface area contributed by atoms with E-state index in [0.717, 1.165) is 22.0 Å². The smallest absolute Gasteiger partial charge is 0.203 e. The first-order valence-corrected chi connectivity index (χ1v) is 7.33. The molecule has 0 saturated carbocycles. The third kappa shape index (κ3) is 2.80. The van der Waals surface area contributed by atoms with Gasteiger partial charge < -0.3 is 14.2 Å². The van der Waals surface area contributed by atoms with Crippen LogP contribution in [0.15, 0.2) is 42.6 Å². The molecule has 3 rings (SSSR count). The van der Waals surface area contributed by atoms with Crippen molar-refractivity contribution in [1.82, 2.24) is 4.98 Å². The Morgan fingerprint density at radius 2 is 1.48 bits per heavy atom. The summed E-state index contributed by atoms with van der Waals surface area (Å²) in [4.78, 5) is 4.57. The maximum atomic E-state index is 5.41. The average Bonchev–Trinajstić information content (AvgIpc) is 2.59. The molecule has 2 aromatic carbocycles. The summed E-state index contributed by atoms with van der Waals surface area (Å²) in [5.74, 6) is 1.82. The molecule has 3 aromatic rings. The summed E-state index contributed by atoms with van der Waals surface area (Å²) in [5, 5.41) is 2.27. The summed E-state index contributed by atoms with van der Waals surface area (Å²) in [6.07, 6.45) is 1.89. The van der Waals surface area contributed by atoms with Gasteiger partial charge in [0.15, 0.2) is 11.5 Å². The van der Waals surface area contributed by atoms with Gasteiger partial charge in [0, 0.05) is 17.1 Å². The Balaban J connectivity index is 2.16. The summed E-state index contributed by atoms with van der Waals surface area (Å²) >= 11 is 0. The molecule has 0 unspecified atom stereocenters. The molecule has 0 N–H and O–H groups in total. The number of aryl methyl sites for hydroxylation is 1. The molecule has 4 heteroatoms. The van der Waals surface area contributed by atoms with E-state index in [-0.39, 0.29) is 0 Å². The van der Waals surface area contributed by atoms with Gasteiger partial charge in [0.25, 0.3) is 0 Å². The van der Waals surface area contributed by atoms with Crippen molar-refractivity contribution in [3.05, 3.63) is 48.2 Å².